The highest BCUT2D eigenvalue weighted by molar-refractivity contribution is 7.98. The normalized spacial score (nSPS) is 20.8. The van der Waals surface area contributed by atoms with Crippen LogP contribution in [0.15, 0.2) is 17.0 Å². The van der Waals surface area contributed by atoms with Crippen LogP contribution in [0.1, 0.15) is 27.7 Å². The monoisotopic (exact) mass is 284 g/mol. The summed E-state index contributed by atoms with van der Waals surface area (Å²) in [6.45, 7) is 7.67. The third-order valence-corrected chi connectivity index (χ3v) is 4.61. The van der Waals surface area contributed by atoms with Gasteiger partial charge in [-0.15, -0.1) is 11.8 Å². The molecule has 1 saturated heterocycles. The second-order valence-corrected chi connectivity index (χ2v) is 6.43. The van der Waals surface area contributed by atoms with E-state index in [0.717, 1.165) is 11.8 Å². The van der Waals surface area contributed by atoms with Crippen molar-refractivity contribution in [2.24, 2.45) is 0 Å². The van der Waals surface area contributed by atoms with Crippen molar-refractivity contribution in [3.63, 3.8) is 0 Å². The molecule has 1 N–H and O–H groups in total. The zero-order valence-corrected chi connectivity index (χ0v) is 12.6. The molecule has 0 bridgehead atoms. The number of halogens is 1. The van der Waals surface area contributed by atoms with Crippen molar-refractivity contribution in [1.82, 2.24) is 0 Å². The molecule has 0 saturated carbocycles. The molecule has 1 aliphatic heterocycles. The van der Waals surface area contributed by atoms with Crippen LogP contribution in [-0.4, -0.2) is 29.7 Å². The summed E-state index contributed by atoms with van der Waals surface area (Å²) in [4.78, 5) is 0.215. The highest BCUT2D eigenvalue weighted by Crippen LogP contribution is 2.37. The van der Waals surface area contributed by atoms with E-state index in [2.05, 4.69) is 0 Å². The van der Waals surface area contributed by atoms with Gasteiger partial charge < -0.3 is 14.4 Å². The Morgan fingerprint density at radius 3 is 2.16 bits per heavy atom. The van der Waals surface area contributed by atoms with E-state index in [0.29, 0.717) is 5.46 Å². The van der Waals surface area contributed by atoms with E-state index in [1.165, 1.54) is 12.1 Å². The Hall–Kier alpha value is -0.715. The molecule has 6 heteroatoms. The number of thioether (sulfide) groups is 1. The summed E-state index contributed by atoms with van der Waals surface area (Å²) < 4.78 is 26.0. The van der Waals surface area contributed by atoms with Crippen molar-refractivity contribution in [1.29, 1.82) is 0 Å². The maximum Gasteiger partial charge on any atom is 0.497 e. The molecule has 0 aromatic heterocycles. The van der Waals surface area contributed by atoms with E-state index < -0.39 is 24.1 Å². The van der Waals surface area contributed by atoms with Crippen LogP contribution in [0.2, 0.25) is 0 Å². The fraction of sp³-hybridized carbons (Fsp3) is 0.538. The van der Waals surface area contributed by atoms with Gasteiger partial charge in [0.05, 0.1) is 16.1 Å². The quantitative estimate of drug-likeness (QED) is 0.669. The molecule has 1 heterocycles. The Morgan fingerprint density at radius 2 is 1.68 bits per heavy atom. The lowest BCUT2D eigenvalue weighted by molar-refractivity contribution is 0.00578. The maximum atomic E-state index is 14.3. The number of rotatable bonds is 2. The van der Waals surface area contributed by atoms with Crippen molar-refractivity contribution in [3.8, 4) is 5.75 Å². The summed E-state index contributed by atoms with van der Waals surface area (Å²) >= 11 is 1.16. The highest BCUT2D eigenvalue weighted by Gasteiger charge is 2.52. The average Bonchev–Trinajstić information content (AvgIpc) is 2.48. The van der Waals surface area contributed by atoms with Gasteiger partial charge >= 0.3 is 7.12 Å². The summed E-state index contributed by atoms with van der Waals surface area (Å²) in [6.07, 6.45) is 1.71. The summed E-state index contributed by atoms with van der Waals surface area (Å²) in [5.74, 6) is -0.545. The van der Waals surface area contributed by atoms with Gasteiger partial charge in [0.25, 0.3) is 0 Å². The second kappa shape index (κ2) is 4.68. The molecule has 0 aliphatic carbocycles. The SMILES string of the molecule is CSc1c(O)ccc(B2OC(C)(C)C(C)(C)O2)c1F. The second-order valence-electron chi connectivity index (χ2n) is 5.61. The molecule has 19 heavy (non-hydrogen) atoms. The van der Waals surface area contributed by atoms with Gasteiger partial charge in [0.1, 0.15) is 11.6 Å². The van der Waals surface area contributed by atoms with Gasteiger partial charge in [0, 0.05) is 5.46 Å². The molecule has 0 radical (unpaired) electrons. The van der Waals surface area contributed by atoms with Crippen molar-refractivity contribution < 1.29 is 18.8 Å². The zero-order chi connectivity index (χ0) is 14.4. The first-order chi connectivity index (χ1) is 8.69. The number of hydrogen-bond donors (Lipinski definition) is 1. The van der Waals surface area contributed by atoms with Crippen LogP contribution in [0.25, 0.3) is 0 Å². The van der Waals surface area contributed by atoms with Crippen LogP contribution in [0, 0.1) is 5.82 Å². The van der Waals surface area contributed by atoms with E-state index in [1.54, 1.807) is 6.26 Å². The lowest BCUT2D eigenvalue weighted by Gasteiger charge is -2.32. The maximum absolute atomic E-state index is 14.3. The fourth-order valence-electron chi connectivity index (χ4n) is 1.91. The van der Waals surface area contributed by atoms with Gasteiger partial charge in [0.2, 0.25) is 0 Å². The zero-order valence-electron chi connectivity index (χ0n) is 11.8. The topological polar surface area (TPSA) is 38.7 Å². The largest absolute Gasteiger partial charge is 0.507 e. The summed E-state index contributed by atoms with van der Waals surface area (Å²) in [6, 6.07) is 2.97. The summed E-state index contributed by atoms with van der Waals surface area (Å²) in [5, 5.41) is 9.62. The number of aromatic hydroxyl groups is 1. The Morgan fingerprint density at radius 1 is 1.16 bits per heavy atom. The first kappa shape index (κ1) is 14.7. The van der Waals surface area contributed by atoms with E-state index in [4.69, 9.17) is 9.31 Å². The molecule has 1 aromatic carbocycles. The van der Waals surface area contributed by atoms with Gasteiger partial charge in [-0.25, -0.2) is 4.39 Å². The third kappa shape index (κ3) is 2.37. The van der Waals surface area contributed by atoms with Gasteiger partial charge in [-0.2, -0.15) is 0 Å². The number of phenolic OH excluding ortho intramolecular Hbond substituents is 1. The molecule has 0 amide bonds. The van der Waals surface area contributed by atoms with E-state index in [-0.39, 0.29) is 10.6 Å². The van der Waals surface area contributed by atoms with Gasteiger partial charge in [-0.05, 0) is 40.0 Å². The lowest BCUT2D eigenvalue weighted by atomic mass is 9.78. The Labute approximate surface area is 117 Å². The van der Waals surface area contributed by atoms with Crippen molar-refractivity contribution in [2.45, 2.75) is 43.8 Å². The lowest BCUT2D eigenvalue weighted by Crippen LogP contribution is -2.41. The minimum absolute atomic E-state index is 0.0646. The van der Waals surface area contributed by atoms with E-state index in [9.17, 15) is 9.50 Å². The number of benzene rings is 1. The molecule has 3 nitrogen and oxygen atoms in total. The summed E-state index contributed by atoms with van der Waals surface area (Å²) in [7, 11) is -0.753. The highest BCUT2D eigenvalue weighted by atomic mass is 32.2. The third-order valence-electron chi connectivity index (χ3n) is 3.82. The van der Waals surface area contributed by atoms with Crippen LogP contribution >= 0.6 is 11.8 Å². The first-order valence-electron chi connectivity index (χ1n) is 6.10. The average molecular weight is 284 g/mol. The molecule has 0 atom stereocenters. The molecule has 1 aromatic rings. The number of phenols is 1. The van der Waals surface area contributed by atoms with Gasteiger partial charge in [0.15, 0.2) is 0 Å². The molecule has 2 rings (SSSR count). The molecule has 104 valence electrons. The van der Waals surface area contributed by atoms with Crippen LogP contribution < -0.4 is 5.46 Å². The van der Waals surface area contributed by atoms with Gasteiger partial charge in [-0.3, -0.25) is 0 Å². The number of hydrogen-bond acceptors (Lipinski definition) is 4. The Kier molecular flexibility index (Phi) is 3.62. The van der Waals surface area contributed by atoms with Crippen molar-refractivity contribution >= 4 is 24.3 Å². The minimum atomic E-state index is -0.753. The minimum Gasteiger partial charge on any atom is -0.507 e. The standard InChI is InChI=1S/C13H18BFO3S/c1-12(2)13(3,4)18-14(17-12)8-6-7-9(16)11(19-5)10(8)15/h6-7,16H,1-5H3. The van der Waals surface area contributed by atoms with Crippen LogP contribution in [0.5, 0.6) is 5.75 Å². The predicted octanol–water partition coefficient (Wildman–Crippen LogP) is 2.55. The van der Waals surface area contributed by atoms with Crippen LogP contribution in [-0.2, 0) is 9.31 Å². The van der Waals surface area contributed by atoms with Crippen LogP contribution in [0.3, 0.4) is 0 Å². The first-order valence-corrected chi connectivity index (χ1v) is 7.33. The fourth-order valence-corrected chi connectivity index (χ4v) is 2.48. The van der Waals surface area contributed by atoms with E-state index in [1.807, 2.05) is 27.7 Å². The molecule has 1 aliphatic rings. The van der Waals surface area contributed by atoms with Crippen molar-refractivity contribution in [2.75, 3.05) is 6.26 Å². The molecule has 0 unspecified atom stereocenters. The van der Waals surface area contributed by atoms with Crippen molar-refractivity contribution in [3.05, 3.63) is 17.9 Å². The molecular weight excluding hydrogens is 266 g/mol. The van der Waals surface area contributed by atoms with E-state index >= 15 is 0 Å². The van der Waals surface area contributed by atoms with Crippen LogP contribution in [0.4, 0.5) is 4.39 Å². The molecule has 0 spiro atoms. The summed E-state index contributed by atoms with van der Waals surface area (Å²) in [5.41, 5.74) is -0.705. The Bertz CT molecular complexity index is 489. The molecule has 1 fully saturated rings. The van der Waals surface area contributed by atoms with Gasteiger partial charge in [-0.1, -0.05) is 6.07 Å². The smallest absolute Gasteiger partial charge is 0.497 e. The Balaban J connectivity index is 2.40. The molecular formula is C13H18BFO3S. The predicted molar refractivity (Wildman–Crippen MR) is 75.6 cm³/mol.